The lowest BCUT2D eigenvalue weighted by Gasteiger charge is -2.27. The molecule has 1 atom stereocenters. The Kier molecular flexibility index (Phi) is 4.19. The number of aromatic nitrogens is 5. The molecular weight excluding hydrogens is 292 g/mol. The first-order valence-corrected chi connectivity index (χ1v) is 8.11. The quantitative estimate of drug-likeness (QED) is 0.855. The molecule has 0 radical (unpaired) electrons. The van der Waals surface area contributed by atoms with Crippen LogP contribution in [0.15, 0.2) is 6.07 Å². The molecule has 124 valence electrons. The fourth-order valence-electron chi connectivity index (χ4n) is 3.28. The lowest BCUT2D eigenvalue weighted by atomic mass is 10.1. The molecule has 3 heterocycles. The van der Waals surface area contributed by atoms with Crippen molar-refractivity contribution >= 4 is 5.91 Å². The maximum absolute atomic E-state index is 12.6. The van der Waals surface area contributed by atoms with E-state index in [-0.39, 0.29) is 11.9 Å². The lowest BCUT2D eigenvalue weighted by molar-refractivity contribution is -0.133. The number of fused-ring (bicyclic) bond motifs is 1. The number of carbonyl (C=O) groups is 1. The summed E-state index contributed by atoms with van der Waals surface area (Å²) in [6, 6.07) is 2.23. The van der Waals surface area contributed by atoms with Gasteiger partial charge in [0.05, 0.1) is 5.69 Å². The molecule has 7 heteroatoms. The van der Waals surface area contributed by atoms with Crippen LogP contribution >= 0.6 is 0 Å². The Bertz CT molecular complexity index is 716. The molecule has 0 saturated carbocycles. The van der Waals surface area contributed by atoms with E-state index in [2.05, 4.69) is 19.9 Å². The molecule has 0 bridgehead atoms. The van der Waals surface area contributed by atoms with Crippen LogP contribution < -0.4 is 0 Å². The number of amides is 1. The number of hydrogen-bond acceptors (Lipinski definition) is 4. The van der Waals surface area contributed by atoms with E-state index in [1.165, 1.54) is 0 Å². The third-order valence-electron chi connectivity index (χ3n) is 4.73. The van der Waals surface area contributed by atoms with Crippen molar-refractivity contribution in [1.29, 1.82) is 0 Å². The van der Waals surface area contributed by atoms with Crippen LogP contribution in [0.2, 0.25) is 0 Å². The highest BCUT2D eigenvalue weighted by Crippen LogP contribution is 2.19. The van der Waals surface area contributed by atoms with Crippen molar-refractivity contribution in [2.45, 2.75) is 59.2 Å². The van der Waals surface area contributed by atoms with Crippen LogP contribution in [0.5, 0.6) is 0 Å². The fourth-order valence-corrected chi connectivity index (χ4v) is 3.28. The Hall–Kier alpha value is -2.18. The summed E-state index contributed by atoms with van der Waals surface area (Å²) in [6.45, 7) is 7.08. The van der Waals surface area contributed by atoms with E-state index in [0.717, 1.165) is 48.8 Å². The number of rotatable bonds is 3. The molecule has 1 aliphatic heterocycles. The maximum atomic E-state index is 12.6. The SMILES string of the molecule is Cc1cc(C)n(CC(=O)N(C)C2CCc3nnc(C)n3CC2)n1. The van der Waals surface area contributed by atoms with Gasteiger partial charge in [0.1, 0.15) is 18.2 Å². The van der Waals surface area contributed by atoms with Crippen LogP contribution in [0.4, 0.5) is 0 Å². The molecule has 0 aliphatic carbocycles. The van der Waals surface area contributed by atoms with E-state index < -0.39 is 0 Å². The molecule has 2 aromatic heterocycles. The van der Waals surface area contributed by atoms with Gasteiger partial charge in [0, 0.05) is 31.7 Å². The molecule has 1 amide bonds. The lowest BCUT2D eigenvalue weighted by Crippen LogP contribution is -2.39. The highest BCUT2D eigenvalue weighted by Gasteiger charge is 2.25. The molecule has 0 aromatic carbocycles. The van der Waals surface area contributed by atoms with Crippen molar-refractivity contribution < 1.29 is 4.79 Å². The molecule has 2 aromatic rings. The van der Waals surface area contributed by atoms with Gasteiger partial charge in [-0.25, -0.2) is 0 Å². The predicted molar refractivity (Wildman–Crippen MR) is 86.0 cm³/mol. The van der Waals surface area contributed by atoms with Crippen molar-refractivity contribution in [3.05, 3.63) is 29.1 Å². The molecule has 0 N–H and O–H groups in total. The first-order valence-electron chi connectivity index (χ1n) is 8.11. The van der Waals surface area contributed by atoms with E-state index in [4.69, 9.17) is 0 Å². The van der Waals surface area contributed by atoms with E-state index in [1.54, 1.807) is 4.68 Å². The number of hydrogen-bond donors (Lipinski definition) is 0. The van der Waals surface area contributed by atoms with Crippen LogP contribution in [0, 0.1) is 20.8 Å². The van der Waals surface area contributed by atoms with Crippen molar-refractivity contribution in [1.82, 2.24) is 29.4 Å². The van der Waals surface area contributed by atoms with Gasteiger partial charge in [-0.1, -0.05) is 0 Å². The van der Waals surface area contributed by atoms with Gasteiger partial charge < -0.3 is 9.47 Å². The van der Waals surface area contributed by atoms with Crippen molar-refractivity contribution in [2.24, 2.45) is 0 Å². The normalized spacial score (nSPS) is 17.7. The zero-order valence-electron chi connectivity index (χ0n) is 14.3. The van der Waals surface area contributed by atoms with E-state index in [9.17, 15) is 4.79 Å². The van der Waals surface area contributed by atoms with E-state index in [1.807, 2.05) is 38.8 Å². The Labute approximate surface area is 136 Å². The Morgan fingerprint density at radius 3 is 2.78 bits per heavy atom. The molecule has 1 unspecified atom stereocenters. The minimum Gasteiger partial charge on any atom is -0.341 e. The third-order valence-corrected chi connectivity index (χ3v) is 4.73. The summed E-state index contributed by atoms with van der Waals surface area (Å²) in [5.74, 6) is 2.09. The van der Waals surface area contributed by atoms with Crippen LogP contribution in [-0.2, 0) is 24.3 Å². The topological polar surface area (TPSA) is 68.8 Å². The highest BCUT2D eigenvalue weighted by molar-refractivity contribution is 5.76. The molecule has 3 rings (SSSR count). The zero-order valence-corrected chi connectivity index (χ0v) is 14.3. The second kappa shape index (κ2) is 6.14. The predicted octanol–water partition coefficient (Wildman–Crippen LogP) is 1.26. The van der Waals surface area contributed by atoms with Crippen molar-refractivity contribution in [2.75, 3.05) is 7.05 Å². The number of likely N-dealkylation sites (N-methyl/N-ethyl adjacent to an activating group) is 1. The van der Waals surface area contributed by atoms with Crippen LogP contribution in [0.1, 0.15) is 35.9 Å². The molecular formula is C16H24N6O. The third kappa shape index (κ3) is 3.13. The van der Waals surface area contributed by atoms with Crippen LogP contribution in [-0.4, -0.2) is 48.4 Å². The molecule has 0 saturated heterocycles. The summed E-state index contributed by atoms with van der Waals surface area (Å²) in [5.41, 5.74) is 1.97. The molecule has 7 nitrogen and oxygen atoms in total. The summed E-state index contributed by atoms with van der Waals surface area (Å²) >= 11 is 0. The second-order valence-electron chi connectivity index (χ2n) is 6.39. The average Bonchev–Trinajstić information content (AvgIpc) is 2.93. The van der Waals surface area contributed by atoms with Crippen LogP contribution in [0.25, 0.3) is 0 Å². The first-order chi connectivity index (χ1) is 11.0. The monoisotopic (exact) mass is 316 g/mol. The highest BCUT2D eigenvalue weighted by atomic mass is 16.2. The Morgan fingerprint density at radius 2 is 2.09 bits per heavy atom. The Morgan fingerprint density at radius 1 is 1.30 bits per heavy atom. The van der Waals surface area contributed by atoms with Gasteiger partial charge in [-0.15, -0.1) is 10.2 Å². The molecule has 23 heavy (non-hydrogen) atoms. The number of aryl methyl sites for hydroxylation is 4. The van der Waals surface area contributed by atoms with Gasteiger partial charge in [0.25, 0.3) is 0 Å². The summed E-state index contributed by atoms with van der Waals surface area (Å²) in [6.07, 6.45) is 2.73. The number of carbonyl (C=O) groups excluding carboxylic acids is 1. The van der Waals surface area contributed by atoms with Crippen molar-refractivity contribution in [3.8, 4) is 0 Å². The Balaban J connectivity index is 1.65. The zero-order chi connectivity index (χ0) is 16.6. The van der Waals surface area contributed by atoms with Gasteiger partial charge in [-0.05, 0) is 39.7 Å². The average molecular weight is 316 g/mol. The molecule has 0 fully saturated rings. The maximum Gasteiger partial charge on any atom is 0.244 e. The van der Waals surface area contributed by atoms with E-state index in [0.29, 0.717) is 6.54 Å². The summed E-state index contributed by atoms with van der Waals surface area (Å²) in [4.78, 5) is 14.5. The molecule has 1 aliphatic rings. The van der Waals surface area contributed by atoms with Gasteiger partial charge >= 0.3 is 0 Å². The molecule has 0 spiro atoms. The largest absolute Gasteiger partial charge is 0.341 e. The first kappa shape index (κ1) is 15.7. The summed E-state index contributed by atoms with van der Waals surface area (Å²) < 4.78 is 3.95. The van der Waals surface area contributed by atoms with Gasteiger partial charge in [-0.2, -0.15) is 5.10 Å². The minimum atomic E-state index is 0.107. The second-order valence-corrected chi connectivity index (χ2v) is 6.39. The van der Waals surface area contributed by atoms with Gasteiger partial charge in [-0.3, -0.25) is 9.48 Å². The smallest absolute Gasteiger partial charge is 0.244 e. The fraction of sp³-hybridized carbons (Fsp3) is 0.625. The van der Waals surface area contributed by atoms with Gasteiger partial charge in [0.15, 0.2) is 0 Å². The standard InChI is InChI=1S/C16H24N6O/c1-11-9-12(2)22(19-11)10-16(23)20(4)14-5-6-15-18-17-13(3)21(15)8-7-14/h9,14H,5-8,10H2,1-4H3. The van der Waals surface area contributed by atoms with Crippen LogP contribution in [0.3, 0.4) is 0 Å². The van der Waals surface area contributed by atoms with Crippen molar-refractivity contribution in [3.63, 3.8) is 0 Å². The number of nitrogens with zero attached hydrogens (tertiary/aromatic N) is 6. The van der Waals surface area contributed by atoms with Gasteiger partial charge in [0.2, 0.25) is 5.91 Å². The van der Waals surface area contributed by atoms with E-state index >= 15 is 0 Å². The minimum absolute atomic E-state index is 0.107. The summed E-state index contributed by atoms with van der Waals surface area (Å²) in [5, 5.41) is 12.7. The summed E-state index contributed by atoms with van der Waals surface area (Å²) in [7, 11) is 1.90.